The normalized spacial score (nSPS) is 25.8. The number of hydrogen-bond acceptors (Lipinski definition) is 3. The lowest BCUT2D eigenvalue weighted by Crippen LogP contribution is -2.46. The smallest absolute Gasteiger partial charge is 0.224 e. The molecule has 1 aliphatic carbocycles. The molecule has 27 heavy (non-hydrogen) atoms. The van der Waals surface area contributed by atoms with E-state index < -0.39 is 0 Å². The summed E-state index contributed by atoms with van der Waals surface area (Å²) in [5.41, 5.74) is 6.89. The molecule has 1 aromatic rings. The van der Waals surface area contributed by atoms with E-state index in [1.165, 1.54) is 18.4 Å². The molecule has 2 fully saturated rings. The van der Waals surface area contributed by atoms with Crippen molar-refractivity contribution in [3.63, 3.8) is 0 Å². The minimum Gasteiger partial charge on any atom is -0.355 e. The van der Waals surface area contributed by atoms with Crippen LogP contribution in [-0.4, -0.2) is 42.9 Å². The highest BCUT2D eigenvalue weighted by atomic mass is 16.2. The van der Waals surface area contributed by atoms with Gasteiger partial charge in [-0.25, -0.2) is 0 Å². The van der Waals surface area contributed by atoms with Crippen molar-refractivity contribution in [3.05, 3.63) is 35.9 Å². The Balaban J connectivity index is 1.44. The molecule has 1 saturated carbocycles. The summed E-state index contributed by atoms with van der Waals surface area (Å²) in [7, 11) is 0. The number of amides is 2. The summed E-state index contributed by atoms with van der Waals surface area (Å²) in [4.78, 5) is 26.9. The Morgan fingerprint density at radius 1 is 1.07 bits per heavy atom. The Labute approximate surface area is 162 Å². The van der Waals surface area contributed by atoms with E-state index in [1.807, 2.05) is 4.90 Å². The van der Waals surface area contributed by atoms with E-state index in [1.54, 1.807) is 0 Å². The number of carbonyl (C=O) groups excluding carboxylic acids is 2. The van der Waals surface area contributed by atoms with Crippen LogP contribution < -0.4 is 11.1 Å². The van der Waals surface area contributed by atoms with Gasteiger partial charge in [0.15, 0.2) is 0 Å². The Morgan fingerprint density at radius 2 is 1.81 bits per heavy atom. The summed E-state index contributed by atoms with van der Waals surface area (Å²) in [6, 6.07) is 10.7. The highest BCUT2D eigenvalue weighted by Crippen LogP contribution is 2.37. The fourth-order valence-corrected chi connectivity index (χ4v) is 4.56. The summed E-state index contributed by atoms with van der Waals surface area (Å²) in [6.45, 7) is 2.31. The zero-order valence-electron chi connectivity index (χ0n) is 16.2. The summed E-state index contributed by atoms with van der Waals surface area (Å²) in [5.74, 6) is 1.32. The second kappa shape index (κ2) is 9.88. The van der Waals surface area contributed by atoms with Gasteiger partial charge in [-0.05, 0) is 55.9 Å². The first-order chi connectivity index (χ1) is 13.2. The maximum absolute atomic E-state index is 12.8. The van der Waals surface area contributed by atoms with Crippen molar-refractivity contribution >= 4 is 11.8 Å². The van der Waals surface area contributed by atoms with E-state index in [4.69, 9.17) is 5.73 Å². The van der Waals surface area contributed by atoms with Gasteiger partial charge in [-0.15, -0.1) is 0 Å². The minimum absolute atomic E-state index is 0.0429. The lowest BCUT2D eigenvalue weighted by Gasteiger charge is -2.34. The molecule has 0 aromatic heterocycles. The number of piperidine rings is 1. The van der Waals surface area contributed by atoms with Gasteiger partial charge in [-0.1, -0.05) is 30.3 Å². The predicted molar refractivity (Wildman–Crippen MR) is 107 cm³/mol. The molecule has 148 valence electrons. The van der Waals surface area contributed by atoms with Crippen LogP contribution in [0.4, 0.5) is 0 Å². The third-order valence-electron chi connectivity index (χ3n) is 6.17. The first-order valence-corrected chi connectivity index (χ1v) is 10.5. The summed E-state index contributed by atoms with van der Waals surface area (Å²) < 4.78 is 0. The number of rotatable bonds is 6. The second-order valence-electron chi connectivity index (χ2n) is 8.09. The van der Waals surface area contributed by atoms with E-state index >= 15 is 0 Å². The largest absolute Gasteiger partial charge is 0.355 e. The zero-order chi connectivity index (χ0) is 19.1. The fraction of sp³-hybridized carbons (Fsp3) is 0.636. The van der Waals surface area contributed by atoms with Crippen LogP contribution in [0, 0.1) is 11.8 Å². The van der Waals surface area contributed by atoms with Gasteiger partial charge in [0.2, 0.25) is 11.8 Å². The van der Waals surface area contributed by atoms with Crippen LogP contribution >= 0.6 is 0 Å². The Bertz CT molecular complexity index is 611. The molecule has 2 amide bonds. The summed E-state index contributed by atoms with van der Waals surface area (Å²) in [6.07, 6.45) is 7.01. The van der Waals surface area contributed by atoms with Crippen molar-refractivity contribution in [1.29, 1.82) is 0 Å². The fourth-order valence-electron chi connectivity index (χ4n) is 4.56. The van der Waals surface area contributed by atoms with Gasteiger partial charge in [-0.2, -0.15) is 0 Å². The SMILES string of the molecule is NCCNC(=O)C1CCCN(C(=O)CC2CCC(c3ccccc3)CC2)C1. The van der Waals surface area contributed by atoms with Crippen LogP contribution in [0.3, 0.4) is 0 Å². The Morgan fingerprint density at radius 3 is 2.52 bits per heavy atom. The van der Waals surface area contributed by atoms with Crippen LogP contribution in [0.2, 0.25) is 0 Å². The van der Waals surface area contributed by atoms with Crippen LogP contribution in [0.1, 0.15) is 56.4 Å². The molecule has 1 heterocycles. The topological polar surface area (TPSA) is 75.4 Å². The summed E-state index contributed by atoms with van der Waals surface area (Å²) in [5, 5.41) is 2.86. The van der Waals surface area contributed by atoms with Crippen molar-refractivity contribution in [2.24, 2.45) is 17.6 Å². The van der Waals surface area contributed by atoms with Gasteiger partial charge in [0, 0.05) is 32.6 Å². The van der Waals surface area contributed by atoms with E-state index in [0.29, 0.717) is 37.9 Å². The number of nitrogens with two attached hydrogens (primary N) is 1. The third kappa shape index (κ3) is 5.55. The lowest BCUT2D eigenvalue weighted by atomic mass is 9.77. The van der Waals surface area contributed by atoms with Crippen LogP contribution in [0.25, 0.3) is 0 Å². The highest BCUT2D eigenvalue weighted by molar-refractivity contribution is 5.81. The molecule has 1 unspecified atom stereocenters. The molecule has 0 spiro atoms. The summed E-state index contributed by atoms with van der Waals surface area (Å²) >= 11 is 0. The minimum atomic E-state index is -0.0805. The average Bonchev–Trinajstić information content (AvgIpc) is 2.73. The van der Waals surface area contributed by atoms with E-state index in [2.05, 4.69) is 35.6 Å². The number of carbonyl (C=O) groups is 2. The van der Waals surface area contributed by atoms with E-state index in [9.17, 15) is 9.59 Å². The third-order valence-corrected chi connectivity index (χ3v) is 6.17. The average molecular weight is 372 g/mol. The van der Waals surface area contributed by atoms with Gasteiger partial charge in [-0.3, -0.25) is 9.59 Å². The predicted octanol–water partition coefficient (Wildman–Crippen LogP) is 2.66. The molecule has 5 nitrogen and oxygen atoms in total. The number of nitrogens with one attached hydrogen (secondary N) is 1. The molecule has 1 atom stereocenters. The molecular weight excluding hydrogens is 338 g/mol. The number of nitrogens with zero attached hydrogens (tertiary/aromatic N) is 1. The Kier molecular flexibility index (Phi) is 7.27. The van der Waals surface area contributed by atoms with Gasteiger partial charge in [0.25, 0.3) is 0 Å². The van der Waals surface area contributed by atoms with Crippen molar-refractivity contribution in [1.82, 2.24) is 10.2 Å². The van der Waals surface area contributed by atoms with Crippen LogP contribution in [0.15, 0.2) is 30.3 Å². The van der Waals surface area contributed by atoms with Gasteiger partial charge < -0.3 is 16.0 Å². The molecule has 1 saturated heterocycles. The molecule has 5 heteroatoms. The second-order valence-corrected chi connectivity index (χ2v) is 8.09. The first kappa shape index (κ1) is 19.9. The first-order valence-electron chi connectivity index (χ1n) is 10.5. The van der Waals surface area contributed by atoms with Crippen molar-refractivity contribution < 1.29 is 9.59 Å². The quantitative estimate of drug-likeness (QED) is 0.807. The number of benzene rings is 1. The monoisotopic (exact) mass is 371 g/mol. The highest BCUT2D eigenvalue weighted by Gasteiger charge is 2.30. The maximum Gasteiger partial charge on any atom is 0.224 e. The van der Waals surface area contributed by atoms with Crippen molar-refractivity contribution in [2.75, 3.05) is 26.2 Å². The molecule has 2 aliphatic rings. The number of hydrogen-bond donors (Lipinski definition) is 2. The standard InChI is InChI=1S/C22H33N3O2/c23-12-13-24-22(27)20-7-4-14-25(16-20)21(26)15-17-8-10-19(11-9-17)18-5-2-1-3-6-18/h1-3,5-6,17,19-20H,4,7-16,23H2,(H,24,27). The molecule has 1 aliphatic heterocycles. The van der Waals surface area contributed by atoms with Crippen molar-refractivity contribution in [2.45, 2.75) is 50.9 Å². The molecule has 3 N–H and O–H groups in total. The van der Waals surface area contributed by atoms with E-state index in [-0.39, 0.29) is 17.7 Å². The molecule has 3 rings (SSSR count). The molecule has 0 radical (unpaired) electrons. The number of likely N-dealkylation sites (tertiary alicyclic amines) is 1. The van der Waals surface area contributed by atoms with Gasteiger partial charge in [0.05, 0.1) is 5.92 Å². The lowest BCUT2D eigenvalue weighted by molar-refractivity contribution is -0.136. The molecule has 0 bridgehead atoms. The zero-order valence-corrected chi connectivity index (χ0v) is 16.2. The molecule has 1 aromatic carbocycles. The van der Waals surface area contributed by atoms with E-state index in [0.717, 1.165) is 32.2 Å². The molecular formula is C22H33N3O2. The Hall–Kier alpha value is -1.88. The van der Waals surface area contributed by atoms with Gasteiger partial charge in [0.1, 0.15) is 0 Å². The van der Waals surface area contributed by atoms with Crippen LogP contribution in [-0.2, 0) is 9.59 Å². The van der Waals surface area contributed by atoms with Crippen LogP contribution in [0.5, 0.6) is 0 Å². The van der Waals surface area contributed by atoms with Gasteiger partial charge >= 0.3 is 0 Å². The maximum atomic E-state index is 12.8. The van der Waals surface area contributed by atoms with Crippen molar-refractivity contribution in [3.8, 4) is 0 Å².